The van der Waals surface area contributed by atoms with E-state index in [2.05, 4.69) is 32.4 Å². The number of nitrogens with zero attached hydrogens (tertiary/aromatic N) is 7. The lowest BCUT2D eigenvalue weighted by molar-refractivity contribution is -0.378. The number of anilines is 2. The van der Waals surface area contributed by atoms with E-state index in [9.17, 15) is 8.42 Å². The molecule has 12 heteroatoms. The number of rotatable bonds is 7. The molecule has 0 aliphatic carbocycles. The van der Waals surface area contributed by atoms with Gasteiger partial charge in [0.25, 0.3) is 10.0 Å². The summed E-state index contributed by atoms with van der Waals surface area (Å²) in [5.41, 5.74) is 2.92. The Labute approximate surface area is 191 Å². The minimum atomic E-state index is -3.62. The molecule has 0 aromatic carbocycles. The van der Waals surface area contributed by atoms with Gasteiger partial charge in [0, 0.05) is 42.9 Å². The summed E-state index contributed by atoms with van der Waals surface area (Å²) >= 11 is 0. The van der Waals surface area contributed by atoms with Crippen molar-refractivity contribution in [3.63, 3.8) is 0 Å². The van der Waals surface area contributed by atoms with Crippen molar-refractivity contribution in [2.24, 2.45) is 0 Å². The first kappa shape index (κ1) is 21.3. The average Bonchev–Trinajstić information content (AvgIpc) is 3.54. The van der Waals surface area contributed by atoms with Crippen LogP contribution in [-0.2, 0) is 23.0 Å². The fraction of sp³-hybridized carbons (Fsp3) is 0.381. The molecule has 2 N–H and O–H groups in total. The summed E-state index contributed by atoms with van der Waals surface area (Å²) < 4.78 is 28.8. The molecule has 0 spiro atoms. The summed E-state index contributed by atoms with van der Waals surface area (Å²) in [6, 6.07) is 5.93. The lowest BCUT2D eigenvalue weighted by Gasteiger charge is -2.33. The number of H-pyrrole nitrogens is 1. The van der Waals surface area contributed by atoms with Crippen molar-refractivity contribution in [3.05, 3.63) is 60.6 Å². The number of fused-ring (bicyclic) bond motifs is 1. The summed E-state index contributed by atoms with van der Waals surface area (Å²) in [7, 11) is -3.62. The van der Waals surface area contributed by atoms with Crippen LogP contribution in [0.3, 0.4) is 0 Å². The molecule has 4 aromatic rings. The number of nitrogens with one attached hydrogen (secondary N) is 2. The quantitative estimate of drug-likeness (QED) is 0.428. The maximum atomic E-state index is 13.0. The first-order valence-corrected chi connectivity index (χ1v) is 12.5. The molecule has 0 saturated carbocycles. The Morgan fingerprint density at radius 1 is 1.30 bits per heavy atom. The van der Waals surface area contributed by atoms with Crippen LogP contribution in [-0.4, -0.2) is 55.5 Å². The highest BCUT2D eigenvalue weighted by Crippen LogP contribution is 2.27. The molecule has 1 aliphatic heterocycles. The van der Waals surface area contributed by atoms with Gasteiger partial charge in [-0.25, -0.2) is 23.4 Å². The third-order valence-electron chi connectivity index (χ3n) is 5.94. The largest absolute Gasteiger partial charge is 0.366 e. The molecule has 172 valence electrons. The predicted octanol–water partition coefficient (Wildman–Crippen LogP) is 1.16. The molecular weight excluding hydrogens is 442 g/mol. The second-order valence-corrected chi connectivity index (χ2v) is 10.1. The van der Waals surface area contributed by atoms with Gasteiger partial charge in [0.15, 0.2) is 18.0 Å². The van der Waals surface area contributed by atoms with Gasteiger partial charge in [0.2, 0.25) is 0 Å². The number of aromatic nitrogens is 7. The number of pyridine rings is 1. The second-order valence-electron chi connectivity index (χ2n) is 8.05. The fourth-order valence-corrected chi connectivity index (χ4v) is 5.63. The van der Waals surface area contributed by atoms with E-state index in [0.717, 1.165) is 51.9 Å². The third-order valence-corrected chi connectivity index (χ3v) is 7.88. The van der Waals surface area contributed by atoms with Gasteiger partial charge in [-0.15, -0.1) is 9.19 Å². The lowest BCUT2D eigenvalue weighted by atomic mass is 10.1. The van der Waals surface area contributed by atoms with Crippen LogP contribution in [0.25, 0.3) is 5.65 Å². The number of aromatic amines is 1. The van der Waals surface area contributed by atoms with Crippen LogP contribution in [0.4, 0.5) is 11.6 Å². The van der Waals surface area contributed by atoms with Crippen LogP contribution >= 0.6 is 0 Å². The van der Waals surface area contributed by atoms with E-state index in [1.807, 2.05) is 46.2 Å². The van der Waals surface area contributed by atoms with Gasteiger partial charge < -0.3 is 10.2 Å². The molecule has 1 aliphatic rings. The molecule has 1 saturated heterocycles. The molecule has 1 atom stereocenters. The van der Waals surface area contributed by atoms with E-state index in [4.69, 9.17) is 4.98 Å². The lowest BCUT2D eigenvalue weighted by Crippen LogP contribution is -2.44. The van der Waals surface area contributed by atoms with Gasteiger partial charge in [0.05, 0.1) is 11.4 Å². The highest BCUT2D eigenvalue weighted by molar-refractivity contribution is 7.90. The molecule has 5 heterocycles. The Hall–Kier alpha value is -3.54. The molecule has 0 bridgehead atoms. The van der Waals surface area contributed by atoms with Gasteiger partial charge in [-0.05, 0) is 25.3 Å². The maximum Gasteiger partial charge on any atom is 0.259 e. The Bertz CT molecular complexity index is 1340. The minimum absolute atomic E-state index is 0.341. The van der Waals surface area contributed by atoms with E-state index in [0.29, 0.717) is 19.5 Å². The van der Waals surface area contributed by atoms with E-state index in [-0.39, 0.29) is 0 Å². The number of hydrogen-bond donors (Lipinski definition) is 1. The molecule has 0 radical (unpaired) electrons. The molecule has 11 nitrogen and oxygen atoms in total. The topological polar surface area (TPSA) is 124 Å². The van der Waals surface area contributed by atoms with Gasteiger partial charge in [-0.2, -0.15) is 9.61 Å². The SMILES string of the molecule is CCc1cnn2c(NCc3ccc[nH+]c3)cc(N3CCCC(S(=O)(=O)n4cncn4)C3)nc12. The second kappa shape index (κ2) is 8.77. The predicted molar refractivity (Wildman–Crippen MR) is 122 cm³/mol. The average molecular weight is 469 g/mol. The van der Waals surface area contributed by atoms with Gasteiger partial charge in [0.1, 0.15) is 24.3 Å². The molecule has 1 fully saturated rings. The summed E-state index contributed by atoms with van der Waals surface area (Å²) in [4.78, 5) is 13.8. The van der Waals surface area contributed by atoms with Crippen LogP contribution < -0.4 is 15.2 Å². The van der Waals surface area contributed by atoms with Gasteiger partial charge in [-0.3, -0.25) is 0 Å². The summed E-state index contributed by atoms with van der Waals surface area (Å²) in [5.74, 6) is 1.54. The molecule has 33 heavy (non-hydrogen) atoms. The molecule has 1 unspecified atom stereocenters. The number of piperidine rings is 1. The summed E-state index contributed by atoms with van der Waals surface area (Å²) in [6.07, 6.45) is 10.2. The number of hydrogen-bond acceptors (Lipinski definition) is 8. The van der Waals surface area contributed by atoms with Crippen molar-refractivity contribution < 1.29 is 13.4 Å². The highest BCUT2D eigenvalue weighted by Gasteiger charge is 2.33. The zero-order valence-electron chi connectivity index (χ0n) is 18.3. The monoisotopic (exact) mass is 468 g/mol. The smallest absolute Gasteiger partial charge is 0.259 e. The van der Waals surface area contributed by atoms with Crippen LogP contribution in [0.2, 0.25) is 0 Å². The van der Waals surface area contributed by atoms with Crippen molar-refractivity contribution in [3.8, 4) is 0 Å². The summed E-state index contributed by atoms with van der Waals surface area (Å²) in [6.45, 7) is 3.75. The van der Waals surface area contributed by atoms with E-state index in [1.165, 1.54) is 12.7 Å². The molecule has 0 amide bonds. The standard InChI is InChI=1S/C21H25N9O2S/c1-2-17-12-25-30-19(24-11-16-5-3-7-22-10-16)9-20(27-21(17)30)28-8-4-6-18(13-28)33(31,32)29-15-23-14-26-29/h3,5,7,9-10,12,14-15,18,24H,2,4,6,8,11,13H2,1H3/p+1. The van der Waals surface area contributed by atoms with Crippen LogP contribution in [0.1, 0.15) is 30.9 Å². The van der Waals surface area contributed by atoms with E-state index in [1.54, 1.807) is 0 Å². The zero-order valence-corrected chi connectivity index (χ0v) is 19.1. The van der Waals surface area contributed by atoms with E-state index >= 15 is 0 Å². The fourth-order valence-electron chi connectivity index (χ4n) is 4.14. The molecular formula is C21H26N9O2S+. The Kier molecular flexibility index (Phi) is 5.67. The normalized spacial score (nSPS) is 16.9. The van der Waals surface area contributed by atoms with Crippen molar-refractivity contribution in [1.82, 2.24) is 28.8 Å². The van der Waals surface area contributed by atoms with Crippen LogP contribution in [0.5, 0.6) is 0 Å². The van der Waals surface area contributed by atoms with Crippen LogP contribution in [0, 0.1) is 0 Å². The first-order chi connectivity index (χ1) is 16.1. The third kappa shape index (κ3) is 4.13. The van der Waals surface area contributed by atoms with Crippen LogP contribution in [0.15, 0.2) is 49.4 Å². The Morgan fingerprint density at radius 2 is 2.21 bits per heavy atom. The first-order valence-electron chi connectivity index (χ1n) is 11.0. The minimum Gasteiger partial charge on any atom is -0.366 e. The van der Waals surface area contributed by atoms with Gasteiger partial charge >= 0.3 is 0 Å². The molecule has 5 rings (SSSR count). The maximum absolute atomic E-state index is 13.0. The Balaban J connectivity index is 1.47. The van der Waals surface area contributed by atoms with Crippen molar-refractivity contribution in [1.29, 1.82) is 0 Å². The van der Waals surface area contributed by atoms with Crippen molar-refractivity contribution in [2.75, 3.05) is 23.3 Å². The molecule has 4 aromatic heterocycles. The van der Waals surface area contributed by atoms with Crippen molar-refractivity contribution in [2.45, 2.75) is 38.0 Å². The summed E-state index contributed by atoms with van der Waals surface area (Å²) in [5, 5.41) is 11.2. The van der Waals surface area contributed by atoms with E-state index < -0.39 is 15.3 Å². The van der Waals surface area contributed by atoms with Gasteiger partial charge in [-0.1, -0.05) is 6.92 Å². The van der Waals surface area contributed by atoms with Crippen molar-refractivity contribution >= 4 is 27.3 Å². The zero-order chi connectivity index (χ0) is 22.8. The highest BCUT2D eigenvalue weighted by atomic mass is 32.2. The number of aryl methyl sites for hydroxylation is 1. The Morgan fingerprint density at radius 3 is 2.97 bits per heavy atom.